The minimum absolute atomic E-state index is 0.0123. The predicted octanol–water partition coefficient (Wildman–Crippen LogP) is 3.34. The number of rotatable bonds is 46. The molecule has 0 bridgehead atoms. The van der Waals surface area contributed by atoms with Gasteiger partial charge in [0.1, 0.15) is 0 Å². The molecule has 5 N–H and O–H groups in total. The molecule has 13 heteroatoms. The first kappa shape index (κ1) is 53.2. The molecule has 0 aliphatic rings. The summed E-state index contributed by atoms with van der Waals surface area (Å²) in [4.78, 5) is 6.74. The van der Waals surface area contributed by atoms with E-state index in [2.05, 4.69) is 33.8 Å². The van der Waals surface area contributed by atoms with Gasteiger partial charge in [-0.3, -0.25) is 14.7 Å². The second kappa shape index (κ2) is 44.9. The highest BCUT2D eigenvalue weighted by Gasteiger charge is 2.16. The summed E-state index contributed by atoms with van der Waals surface area (Å²) in [6, 6.07) is 0. The van der Waals surface area contributed by atoms with E-state index >= 15 is 0 Å². The molecule has 0 amide bonds. The summed E-state index contributed by atoms with van der Waals surface area (Å²) in [7, 11) is 0. The quantitative estimate of drug-likeness (QED) is 0.0454. The number of unbranched alkanes of at least 4 members (excludes halogenated alkanes) is 12. The average molecular weight is 780 g/mol. The number of aliphatic hydroxyl groups excluding tert-OH is 5. The minimum Gasteiger partial charge on any atom is -0.394 e. The van der Waals surface area contributed by atoms with Crippen LogP contribution in [-0.2, 0) is 23.7 Å². The maximum atomic E-state index is 10.9. The smallest absolute Gasteiger partial charge is 0.0900 e. The molecule has 0 radical (unpaired) electrons. The average Bonchev–Trinajstić information content (AvgIpc) is 3.17. The molecule has 0 saturated heterocycles. The molecule has 0 fully saturated rings. The van der Waals surface area contributed by atoms with Crippen molar-refractivity contribution in [2.24, 2.45) is 0 Å². The highest BCUT2D eigenvalue weighted by atomic mass is 16.5. The van der Waals surface area contributed by atoms with Crippen LogP contribution in [0.25, 0.3) is 0 Å². The van der Waals surface area contributed by atoms with Crippen LogP contribution in [0.3, 0.4) is 0 Å². The number of allylic oxidation sites excluding steroid dienone is 2. The van der Waals surface area contributed by atoms with Gasteiger partial charge in [0, 0.05) is 65.5 Å². The number of nitrogens with zero attached hydrogens (tertiary/aromatic N) is 3. The minimum atomic E-state index is -0.619. The third-order valence-electron chi connectivity index (χ3n) is 9.19. The maximum Gasteiger partial charge on any atom is 0.0900 e. The fourth-order valence-corrected chi connectivity index (χ4v) is 5.99. The van der Waals surface area contributed by atoms with Crippen LogP contribution in [-0.4, -0.2) is 198 Å². The Bertz CT molecular complexity index is 731. The van der Waals surface area contributed by atoms with Gasteiger partial charge in [-0.2, -0.15) is 0 Å². The van der Waals surface area contributed by atoms with Crippen LogP contribution >= 0.6 is 0 Å². The van der Waals surface area contributed by atoms with E-state index in [0.717, 1.165) is 32.5 Å². The summed E-state index contributed by atoms with van der Waals surface area (Å²) in [6.45, 7) is 12.4. The van der Waals surface area contributed by atoms with Gasteiger partial charge in [-0.05, 0) is 32.1 Å². The van der Waals surface area contributed by atoms with E-state index in [0.29, 0.717) is 98.7 Å². The fourth-order valence-electron chi connectivity index (χ4n) is 5.99. The summed E-state index contributed by atoms with van der Waals surface area (Å²) < 4.78 is 28.0. The number of aliphatic hydroxyl groups is 5. The van der Waals surface area contributed by atoms with E-state index in [1.165, 1.54) is 77.0 Å². The Kier molecular flexibility index (Phi) is 44.3. The SMILES string of the molecule is CCCCCCCC/C=C/CCCCCCCCOCC(O)CN(CCOCCO)CCN(CCOCCO)CCN(CCOCCO)CCOCCO. The summed E-state index contributed by atoms with van der Waals surface area (Å²) in [5.41, 5.74) is 0. The summed E-state index contributed by atoms with van der Waals surface area (Å²) >= 11 is 0. The molecule has 0 heterocycles. The second-order valence-corrected chi connectivity index (χ2v) is 14.0. The highest BCUT2D eigenvalue weighted by molar-refractivity contribution is 4.81. The maximum absolute atomic E-state index is 10.9. The Morgan fingerprint density at radius 3 is 1.22 bits per heavy atom. The molecular formula is C41H85N3O10. The highest BCUT2D eigenvalue weighted by Crippen LogP contribution is 2.10. The summed E-state index contributed by atoms with van der Waals surface area (Å²) in [5, 5.41) is 47.3. The zero-order chi connectivity index (χ0) is 39.4. The molecule has 0 rings (SSSR count). The molecule has 0 aliphatic carbocycles. The molecule has 0 aromatic rings. The molecule has 1 atom stereocenters. The molecule has 0 saturated carbocycles. The van der Waals surface area contributed by atoms with Crippen LogP contribution in [0.4, 0.5) is 0 Å². The monoisotopic (exact) mass is 780 g/mol. The third-order valence-corrected chi connectivity index (χ3v) is 9.19. The van der Waals surface area contributed by atoms with Gasteiger partial charge >= 0.3 is 0 Å². The van der Waals surface area contributed by atoms with E-state index in [1.807, 2.05) is 0 Å². The van der Waals surface area contributed by atoms with E-state index in [1.54, 1.807) is 0 Å². The molecule has 0 aromatic carbocycles. The van der Waals surface area contributed by atoms with Crippen molar-refractivity contribution in [2.45, 2.75) is 103 Å². The van der Waals surface area contributed by atoms with Crippen LogP contribution < -0.4 is 0 Å². The Morgan fingerprint density at radius 2 is 0.778 bits per heavy atom. The summed E-state index contributed by atoms with van der Waals surface area (Å²) in [5.74, 6) is 0. The van der Waals surface area contributed by atoms with Gasteiger partial charge in [-0.25, -0.2) is 0 Å². The lowest BCUT2D eigenvalue weighted by atomic mass is 10.1. The number of hydrogen-bond donors (Lipinski definition) is 5. The van der Waals surface area contributed by atoms with Crippen molar-refractivity contribution in [1.29, 1.82) is 0 Å². The zero-order valence-electron chi connectivity index (χ0n) is 34.5. The van der Waals surface area contributed by atoms with Gasteiger partial charge in [0.25, 0.3) is 0 Å². The van der Waals surface area contributed by atoms with E-state index in [-0.39, 0.29) is 33.0 Å². The topological polar surface area (TPSA) is 157 Å². The predicted molar refractivity (Wildman–Crippen MR) is 217 cm³/mol. The van der Waals surface area contributed by atoms with E-state index in [4.69, 9.17) is 44.1 Å². The van der Waals surface area contributed by atoms with Crippen molar-refractivity contribution in [1.82, 2.24) is 14.7 Å². The van der Waals surface area contributed by atoms with Crippen LogP contribution in [0.1, 0.15) is 96.8 Å². The third kappa shape index (κ3) is 39.5. The Hall–Kier alpha value is -0.780. The Balaban J connectivity index is 4.61. The molecule has 54 heavy (non-hydrogen) atoms. The molecule has 0 aromatic heterocycles. The van der Waals surface area contributed by atoms with Crippen molar-refractivity contribution in [3.05, 3.63) is 12.2 Å². The lowest BCUT2D eigenvalue weighted by Crippen LogP contribution is -2.45. The molecule has 13 nitrogen and oxygen atoms in total. The normalized spacial score (nSPS) is 12.8. The number of hydrogen-bond acceptors (Lipinski definition) is 13. The number of ether oxygens (including phenoxy) is 5. The first-order valence-electron chi connectivity index (χ1n) is 21.4. The van der Waals surface area contributed by atoms with E-state index < -0.39 is 6.10 Å². The van der Waals surface area contributed by atoms with Crippen molar-refractivity contribution in [3.63, 3.8) is 0 Å². The van der Waals surface area contributed by atoms with Crippen molar-refractivity contribution >= 4 is 0 Å². The molecule has 324 valence electrons. The lowest BCUT2D eigenvalue weighted by molar-refractivity contribution is 0.00448. The fraction of sp³-hybridized carbons (Fsp3) is 0.951. The van der Waals surface area contributed by atoms with Crippen molar-refractivity contribution in [2.75, 3.05) is 151 Å². The first-order chi connectivity index (χ1) is 26.6. The Morgan fingerprint density at radius 1 is 0.407 bits per heavy atom. The van der Waals surface area contributed by atoms with Crippen molar-refractivity contribution in [3.8, 4) is 0 Å². The summed E-state index contributed by atoms with van der Waals surface area (Å²) in [6.07, 6.45) is 21.9. The van der Waals surface area contributed by atoms with Gasteiger partial charge in [-0.1, -0.05) is 76.9 Å². The zero-order valence-corrected chi connectivity index (χ0v) is 34.5. The van der Waals surface area contributed by atoms with Gasteiger partial charge in [-0.15, -0.1) is 0 Å². The standard InChI is InChI=1S/C41H85N3O10/c1-2-3-4-5-6-7-8-9-10-11-12-13-14-15-16-17-30-54-40-41(49)39-44(25-34-53-38-29-48)21-20-42(22-31-50-35-26-45)18-19-43(23-32-51-36-27-46)24-33-52-37-28-47/h9-10,41,45-49H,2-8,11-40H2,1H3/b10-9+. The lowest BCUT2D eigenvalue weighted by Gasteiger charge is -2.31. The molecule has 1 unspecified atom stereocenters. The van der Waals surface area contributed by atoms with Gasteiger partial charge in [0.15, 0.2) is 0 Å². The van der Waals surface area contributed by atoms with Crippen LogP contribution in [0, 0.1) is 0 Å². The van der Waals surface area contributed by atoms with Gasteiger partial charge in [0.2, 0.25) is 0 Å². The molecular weight excluding hydrogens is 694 g/mol. The largest absolute Gasteiger partial charge is 0.394 e. The van der Waals surface area contributed by atoms with Crippen LogP contribution in [0.5, 0.6) is 0 Å². The first-order valence-corrected chi connectivity index (χ1v) is 21.4. The van der Waals surface area contributed by atoms with Crippen LogP contribution in [0.15, 0.2) is 12.2 Å². The van der Waals surface area contributed by atoms with Gasteiger partial charge < -0.3 is 49.2 Å². The molecule has 0 spiro atoms. The van der Waals surface area contributed by atoms with E-state index in [9.17, 15) is 5.11 Å². The van der Waals surface area contributed by atoms with Crippen molar-refractivity contribution < 1.29 is 49.2 Å². The molecule has 0 aliphatic heterocycles. The Labute approximate surface area is 329 Å². The van der Waals surface area contributed by atoms with Gasteiger partial charge in [0.05, 0.1) is 92.0 Å². The van der Waals surface area contributed by atoms with Crippen LogP contribution in [0.2, 0.25) is 0 Å². The second-order valence-electron chi connectivity index (χ2n) is 14.0.